The molecule has 0 amide bonds. The third kappa shape index (κ3) is 3.78. The van der Waals surface area contributed by atoms with Crippen LogP contribution in [0.2, 0.25) is 0 Å². The van der Waals surface area contributed by atoms with E-state index in [0.717, 1.165) is 0 Å². The number of anilines is 2. The number of carbonyl (C=O) groups is 1. The number of nitro groups is 1. The Morgan fingerprint density at radius 3 is 2.29 bits per heavy atom. The number of methoxy groups -OCH3 is 2. The number of ketones is 1. The summed E-state index contributed by atoms with van der Waals surface area (Å²) in [5, 5.41) is 14.1. The van der Waals surface area contributed by atoms with Gasteiger partial charge in [0.2, 0.25) is 0 Å². The van der Waals surface area contributed by atoms with Crippen LogP contribution in [-0.2, 0) is 0 Å². The van der Waals surface area contributed by atoms with E-state index in [1.54, 1.807) is 60.7 Å². The van der Waals surface area contributed by atoms with Crippen LogP contribution < -0.4 is 14.8 Å². The first kappa shape index (κ1) is 18.9. The highest BCUT2D eigenvalue weighted by Crippen LogP contribution is 2.32. The molecule has 0 radical (unpaired) electrons. The van der Waals surface area contributed by atoms with Gasteiger partial charge in [0.15, 0.2) is 17.3 Å². The van der Waals surface area contributed by atoms with Crippen molar-refractivity contribution in [1.82, 2.24) is 0 Å². The van der Waals surface area contributed by atoms with Gasteiger partial charge in [-0.25, -0.2) is 0 Å². The van der Waals surface area contributed by atoms with Crippen molar-refractivity contribution in [3.63, 3.8) is 0 Å². The SMILES string of the molecule is COc1cccc(C(=O)c2ccc(Nc3ccccc3[N+](=O)[O-])cc2)c1OC. The average Bonchev–Trinajstić information content (AvgIpc) is 2.73. The number of hydrogen-bond acceptors (Lipinski definition) is 6. The Balaban J connectivity index is 1.86. The van der Waals surface area contributed by atoms with Crippen molar-refractivity contribution in [2.75, 3.05) is 19.5 Å². The molecule has 142 valence electrons. The predicted octanol–water partition coefficient (Wildman–Crippen LogP) is 4.59. The normalized spacial score (nSPS) is 10.2. The van der Waals surface area contributed by atoms with E-state index in [2.05, 4.69) is 5.32 Å². The Labute approximate surface area is 161 Å². The highest BCUT2D eigenvalue weighted by atomic mass is 16.6. The summed E-state index contributed by atoms with van der Waals surface area (Å²) in [7, 11) is 2.99. The van der Waals surface area contributed by atoms with Crippen LogP contribution in [0.3, 0.4) is 0 Å². The molecular formula is C21H18N2O5. The number of nitrogens with one attached hydrogen (secondary N) is 1. The quantitative estimate of drug-likeness (QED) is 0.367. The smallest absolute Gasteiger partial charge is 0.292 e. The van der Waals surface area contributed by atoms with E-state index in [0.29, 0.717) is 34.0 Å². The molecule has 0 heterocycles. The number of para-hydroxylation sites is 3. The molecule has 0 aromatic heterocycles. The summed E-state index contributed by atoms with van der Waals surface area (Å²) in [6.07, 6.45) is 0. The molecule has 0 aliphatic carbocycles. The Kier molecular flexibility index (Phi) is 5.55. The summed E-state index contributed by atoms with van der Waals surface area (Å²) < 4.78 is 10.6. The molecule has 7 heteroatoms. The summed E-state index contributed by atoms with van der Waals surface area (Å²) in [5.41, 5.74) is 1.83. The third-order valence-electron chi connectivity index (χ3n) is 4.17. The van der Waals surface area contributed by atoms with E-state index in [1.165, 1.54) is 20.3 Å². The maximum atomic E-state index is 12.9. The van der Waals surface area contributed by atoms with Gasteiger partial charge in [-0.3, -0.25) is 14.9 Å². The third-order valence-corrected chi connectivity index (χ3v) is 4.17. The molecule has 3 aromatic carbocycles. The van der Waals surface area contributed by atoms with E-state index in [4.69, 9.17) is 9.47 Å². The Hall–Kier alpha value is -3.87. The number of carbonyl (C=O) groups excluding carboxylic acids is 1. The molecule has 0 spiro atoms. The van der Waals surface area contributed by atoms with E-state index >= 15 is 0 Å². The van der Waals surface area contributed by atoms with Crippen molar-refractivity contribution in [2.45, 2.75) is 0 Å². The maximum Gasteiger partial charge on any atom is 0.292 e. The minimum atomic E-state index is -0.449. The largest absolute Gasteiger partial charge is 0.493 e. The van der Waals surface area contributed by atoms with Crippen LogP contribution in [0.4, 0.5) is 17.1 Å². The summed E-state index contributed by atoms with van der Waals surface area (Å²) >= 11 is 0. The number of nitrogens with zero attached hydrogens (tertiary/aromatic N) is 1. The molecule has 0 unspecified atom stereocenters. The molecule has 0 atom stereocenters. The van der Waals surface area contributed by atoms with Crippen LogP contribution in [0.5, 0.6) is 11.5 Å². The van der Waals surface area contributed by atoms with Gasteiger partial charge < -0.3 is 14.8 Å². The second-order valence-corrected chi connectivity index (χ2v) is 5.85. The zero-order valence-corrected chi connectivity index (χ0v) is 15.3. The van der Waals surface area contributed by atoms with Crippen molar-refractivity contribution < 1.29 is 19.2 Å². The van der Waals surface area contributed by atoms with Gasteiger partial charge in [0.05, 0.1) is 24.7 Å². The van der Waals surface area contributed by atoms with Gasteiger partial charge in [-0.15, -0.1) is 0 Å². The van der Waals surface area contributed by atoms with Gasteiger partial charge in [0.25, 0.3) is 5.69 Å². The fraction of sp³-hybridized carbons (Fsp3) is 0.0952. The molecule has 7 nitrogen and oxygen atoms in total. The number of nitro benzene ring substituents is 1. The van der Waals surface area contributed by atoms with Gasteiger partial charge in [-0.05, 0) is 42.5 Å². The second kappa shape index (κ2) is 8.22. The van der Waals surface area contributed by atoms with Gasteiger partial charge in [0.1, 0.15) is 5.69 Å². The Bertz CT molecular complexity index is 1020. The van der Waals surface area contributed by atoms with E-state index in [9.17, 15) is 14.9 Å². The van der Waals surface area contributed by atoms with Crippen LogP contribution in [-0.4, -0.2) is 24.9 Å². The van der Waals surface area contributed by atoms with E-state index in [-0.39, 0.29) is 11.5 Å². The van der Waals surface area contributed by atoms with Gasteiger partial charge in [-0.2, -0.15) is 0 Å². The van der Waals surface area contributed by atoms with Crippen molar-refractivity contribution in [2.24, 2.45) is 0 Å². The van der Waals surface area contributed by atoms with Gasteiger partial charge >= 0.3 is 0 Å². The lowest BCUT2D eigenvalue weighted by Gasteiger charge is -2.12. The van der Waals surface area contributed by atoms with Crippen molar-refractivity contribution in [3.05, 3.63) is 88.0 Å². The van der Waals surface area contributed by atoms with Crippen molar-refractivity contribution in [1.29, 1.82) is 0 Å². The Morgan fingerprint density at radius 2 is 1.64 bits per heavy atom. The lowest BCUT2D eigenvalue weighted by atomic mass is 10.0. The highest BCUT2D eigenvalue weighted by molar-refractivity contribution is 6.11. The summed E-state index contributed by atoms with van der Waals surface area (Å²) in [6.45, 7) is 0. The molecule has 28 heavy (non-hydrogen) atoms. The number of rotatable bonds is 7. The van der Waals surface area contributed by atoms with Crippen LogP contribution in [0.15, 0.2) is 66.7 Å². The second-order valence-electron chi connectivity index (χ2n) is 5.85. The van der Waals surface area contributed by atoms with Gasteiger partial charge in [0, 0.05) is 17.3 Å². The molecule has 0 fully saturated rings. The van der Waals surface area contributed by atoms with E-state index < -0.39 is 4.92 Å². The van der Waals surface area contributed by atoms with E-state index in [1.807, 2.05) is 0 Å². The number of ether oxygens (including phenoxy) is 2. The lowest BCUT2D eigenvalue weighted by Crippen LogP contribution is -2.05. The maximum absolute atomic E-state index is 12.9. The van der Waals surface area contributed by atoms with Gasteiger partial charge in [-0.1, -0.05) is 18.2 Å². The predicted molar refractivity (Wildman–Crippen MR) is 106 cm³/mol. The summed E-state index contributed by atoms with van der Waals surface area (Å²) in [6, 6.07) is 18.2. The highest BCUT2D eigenvalue weighted by Gasteiger charge is 2.18. The van der Waals surface area contributed by atoms with Crippen molar-refractivity contribution >= 4 is 22.8 Å². The molecule has 0 aliphatic rings. The monoisotopic (exact) mass is 378 g/mol. The molecule has 0 aliphatic heterocycles. The first-order valence-corrected chi connectivity index (χ1v) is 8.41. The first-order valence-electron chi connectivity index (χ1n) is 8.41. The zero-order chi connectivity index (χ0) is 20.1. The summed E-state index contributed by atoms with van der Waals surface area (Å²) in [4.78, 5) is 23.5. The Morgan fingerprint density at radius 1 is 0.929 bits per heavy atom. The summed E-state index contributed by atoms with van der Waals surface area (Å²) in [5.74, 6) is 0.633. The minimum Gasteiger partial charge on any atom is -0.493 e. The standard InChI is InChI=1S/C21H18N2O5/c1-27-19-9-5-6-16(21(19)28-2)20(24)14-10-12-15(13-11-14)22-17-7-3-4-8-18(17)23(25)26/h3-13,22H,1-2H3. The average molecular weight is 378 g/mol. The molecule has 1 N–H and O–H groups in total. The topological polar surface area (TPSA) is 90.7 Å². The van der Waals surface area contributed by atoms with Crippen molar-refractivity contribution in [3.8, 4) is 11.5 Å². The lowest BCUT2D eigenvalue weighted by molar-refractivity contribution is -0.383. The molecule has 0 saturated heterocycles. The molecule has 0 saturated carbocycles. The fourth-order valence-electron chi connectivity index (χ4n) is 2.82. The van der Waals surface area contributed by atoms with Crippen LogP contribution >= 0.6 is 0 Å². The molecular weight excluding hydrogens is 360 g/mol. The van der Waals surface area contributed by atoms with Crippen LogP contribution in [0.1, 0.15) is 15.9 Å². The number of hydrogen-bond donors (Lipinski definition) is 1. The molecule has 3 rings (SSSR count). The number of benzene rings is 3. The van der Waals surface area contributed by atoms with Crippen LogP contribution in [0.25, 0.3) is 0 Å². The fourth-order valence-corrected chi connectivity index (χ4v) is 2.82. The minimum absolute atomic E-state index is 0.0243. The molecule has 0 bridgehead atoms. The first-order chi connectivity index (χ1) is 13.5. The molecule has 3 aromatic rings. The zero-order valence-electron chi connectivity index (χ0n) is 15.3. The van der Waals surface area contributed by atoms with Crippen LogP contribution in [0, 0.1) is 10.1 Å².